The standard InChI is InChI=1S/C24H27ClN2O5/c1-16-15-17(25)9-10-19(16)27-23(28)21(18-7-5-6-8-20(18)32-4)22(24(27)29)26(11-13-30-2)12-14-31-3/h5-10,15H,11-14H2,1-4H3. The number of para-hydroxylation sites is 1. The van der Waals surface area contributed by atoms with E-state index in [1.165, 1.54) is 12.0 Å². The van der Waals surface area contributed by atoms with Crippen molar-refractivity contribution in [3.63, 3.8) is 0 Å². The molecular weight excluding hydrogens is 432 g/mol. The first-order valence-electron chi connectivity index (χ1n) is 10.2. The zero-order valence-electron chi connectivity index (χ0n) is 18.7. The van der Waals surface area contributed by atoms with Crippen LogP contribution in [0, 0.1) is 6.92 Å². The summed E-state index contributed by atoms with van der Waals surface area (Å²) in [6.07, 6.45) is 0. The number of hydrogen-bond donors (Lipinski definition) is 0. The monoisotopic (exact) mass is 458 g/mol. The summed E-state index contributed by atoms with van der Waals surface area (Å²) in [5, 5.41) is 0.533. The quantitative estimate of drug-likeness (QED) is 0.507. The van der Waals surface area contributed by atoms with Crippen LogP contribution in [0.4, 0.5) is 5.69 Å². The lowest BCUT2D eigenvalue weighted by Gasteiger charge is -2.26. The van der Waals surface area contributed by atoms with Crippen molar-refractivity contribution in [1.82, 2.24) is 4.90 Å². The minimum absolute atomic E-state index is 0.286. The van der Waals surface area contributed by atoms with E-state index in [1.54, 1.807) is 44.6 Å². The van der Waals surface area contributed by atoms with Gasteiger partial charge < -0.3 is 19.1 Å². The van der Waals surface area contributed by atoms with Crippen LogP contribution >= 0.6 is 11.6 Å². The Labute approximate surface area is 193 Å². The van der Waals surface area contributed by atoms with Crippen molar-refractivity contribution in [3.8, 4) is 5.75 Å². The predicted octanol–water partition coefficient (Wildman–Crippen LogP) is 3.54. The largest absolute Gasteiger partial charge is 0.496 e. The second-order valence-corrected chi connectivity index (χ2v) is 7.71. The first kappa shape index (κ1) is 23.8. The number of ether oxygens (including phenoxy) is 3. The van der Waals surface area contributed by atoms with Gasteiger partial charge in [0.2, 0.25) is 0 Å². The molecule has 2 amide bonds. The predicted molar refractivity (Wildman–Crippen MR) is 124 cm³/mol. The van der Waals surface area contributed by atoms with Gasteiger partial charge in [0.05, 0.1) is 31.6 Å². The smallest absolute Gasteiger partial charge is 0.282 e. The molecule has 1 heterocycles. The summed E-state index contributed by atoms with van der Waals surface area (Å²) >= 11 is 6.10. The van der Waals surface area contributed by atoms with E-state index in [9.17, 15) is 9.59 Å². The van der Waals surface area contributed by atoms with Gasteiger partial charge in [0.1, 0.15) is 11.4 Å². The zero-order chi connectivity index (χ0) is 23.3. The number of anilines is 1. The number of nitrogens with zero attached hydrogens (tertiary/aromatic N) is 2. The van der Waals surface area contributed by atoms with E-state index in [4.69, 9.17) is 25.8 Å². The molecule has 2 aromatic carbocycles. The molecule has 0 atom stereocenters. The Kier molecular flexibility index (Phi) is 7.90. The van der Waals surface area contributed by atoms with Crippen molar-refractivity contribution in [2.45, 2.75) is 6.92 Å². The van der Waals surface area contributed by atoms with E-state index < -0.39 is 11.8 Å². The van der Waals surface area contributed by atoms with Gasteiger partial charge in [0.25, 0.3) is 11.8 Å². The third-order valence-electron chi connectivity index (χ3n) is 5.28. The van der Waals surface area contributed by atoms with Crippen LogP contribution in [-0.4, -0.2) is 64.3 Å². The molecule has 7 nitrogen and oxygen atoms in total. The lowest BCUT2D eigenvalue weighted by atomic mass is 10.0. The van der Waals surface area contributed by atoms with E-state index in [0.717, 1.165) is 5.56 Å². The summed E-state index contributed by atoms with van der Waals surface area (Å²) in [6.45, 7) is 3.42. The Hall–Kier alpha value is -2.87. The lowest BCUT2D eigenvalue weighted by Crippen LogP contribution is -2.38. The van der Waals surface area contributed by atoms with Gasteiger partial charge in [-0.15, -0.1) is 0 Å². The van der Waals surface area contributed by atoms with Gasteiger partial charge in [-0.2, -0.15) is 0 Å². The molecular formula is C24H27ClN2O5. The van der Waals surface area contributed by atoms with Crippen LogP contribution in [0.15, 0.2) is 48.2 Å². The van der Waals surface area contributed by atoms with Crippen LogP contribution in [0.5, 0.6) is 5.75 Å². The Morgan fingerprint density at radius 3 is 2.19 bits per heavy atom. The maximum Gasteiger partial charge on any atom is 0.282 e. The number of imide groups is 1. The fourth-order valence-electron chi connectivity index (χ4n) is 3.73. The normalized spacial score (nSPS) is 13.8. The highest BCUT2D eigenvalue weighted by atomic mass is 35.5. The summed E-state index contributed by atoms with van der Waals surface area (Å²) < 4.78 is 16.0. The van der Waals surface area contributed by atoms with E-state index in [-0.39, 0.29) is 5.57 Å². The van der Waals surface area contributed by atoms with Crippen molar-refractivity contribution in [1.29, 1.82) is 0 Å². The first-order chi connectivity index (χ1) is 15.4. The summed E-state index contributed by atoms with van der Waals surface area (Å²) in [7, 11) is 4.72. The maximum atomic E-state index is 13.8. The number of hydrogen-bond acceptors (Lipinski definition) is 6. The number of amides is 2. The molecule has 0 aromatic heterocycles. The summed E-state index contributed by atoms with van der Waals surface area (Å²) in [5.74, 6) is -0.317. The Morgan fingerprint density at radius 2 is 1.59 bits per heavy atom. The van der Waals surface area contributed by atoms with Crippen LogP contribution in [0.1, 0.15) is 11.1 Å². The number of carbonyl (C=O) groups excluding carboxylic acids is 2. The van der Waals surface area contributed by atoms with E-state index in [0.29, 0.717) is 54.0 Å². The van der Waals surface area contributed by atoms with Gasteiger partial charge in [-0.25, -0.2) is 4.90 Å². The highest BCUT2D eigenvalue weighted by Gasteiger charge is 2.43. The van der Waals surface area contributed by atoms with E-state index >= 15 is 0 Å². The Bertz CT molecular complexity index is 1030. The molecule has 0 spiro atoms. The topological polar surface area (TPSA) is 68.3 Å². The fourth-order valence-corrected chi connectivity index (χ4v) is 3.96. The van der Waals surface area contributed by atoms with Crippen molar-refractivity contribution in [3.05, 3.63) is 64.3 Å². The van der Waals surface area contributed by atoms with Gasteiger partial charge in [0, 0.05) is 37.9 Å². The molecule has 0 N–H and O–H groups in total. The number of rotatable bonds is 10. The van der Waals surface area contributed by atoms with Crippen molar-refractivity contribution in [2.75, 3.05) is 52.5 Å². The Morgan fingerprint density at radius 1 is 0.938 bits per heavy atom. The second kappa shape index (κ2) is 10.6. The van der Waals surface area contributed by atoms with Gasteiger partial charge in [-0.3, -0.25) is 9.59 Å². The number of carbonyl (C=O) groups is 2. The molecule has 0 aliphatic carbocycles. The fraction of sp³-hybridized carbons (Fsp3) is 0.333. The van der Waals surface area contributed by atoms with Crippen LogP contribution in [0.3, 0.4) is 0 Å². The van der Waals surface area contributed by atoms with Gasteiger partial charge in [0.15, 0.2) is 0 Å². The van der Waals surface area contributed by atoms with E-state index in [2.05, 4.69) is 0 Å². The molecule has 170 valence electrons. The molecule has 0 bridgehead atoms. The molecule has 3 rings (SSSR count). The molecule has 1 aliphatic rings. The molecule has 0 radical (unpaired) electrons. The van der Waals surface area contributed by atoms with Crippen LogP contribution in [-0.2, 0) is 19.1 Å². The third-order valence-corrected chi connectivity index (χ3v) is 5.52. The summed E-state index contributed by atoms with van der Waals surface area (Å²) in [4.78, 5) is 30.5. The minimum atomic E-state index is -0.417. The van der Waals surface area contributed by atoms with E-state index in [1.807, 2.05) is 24.0 Å². The molecule has 2 aromatic rings. The van der Waals surface area contributed by atoms with Crippen molar-refractivity contribution < 1.29 is 23.8 Å². The number of methoxy groups -OCH3 is 3. The first-order valence-corrected chi connectivity index (χ1v) is 10.6. The highest BCUT2D eigenvalue weighted by Crippen LogP contribution is 2.39. The van der Waals surface area contributed by atoms with Gasteiger partial charge in [-0.05, 0) is 36.8 Å². The van der Waals surface area contributed by atoms with Crippen molar-refractivity contribution >= 4 is 34.7 Å². The highest BCUT2D eigenvalue weighted by molar-refractivity contribution is 6.46. The minimum Gasteiger partial charge on any atom is -0.496 e. The molecule has 8 heteroatoms. The molecule has 32 heavy (non-hydrogen) atoms. The molecule has 0 saturated heterocycles. The van der Waals surface area contributed by atoms with Crippen LogP contribution in [0.2, 0.25) is 5.02 Å². The molecule has 0 fully saturated rings. The van der Waals surface area contributed by atoms with Gasteiger partial charge in [-0.1, -0.05) is 29.8 Å². The number of aryl methyl sites for hydroxylation is 1. The summed E-state index contributed by atoms with van der Waals surface area (Å²) in [6, 6.07) is 12.3. The van der Waals surface area contributed by atoms with Crippen LogP contribution < -0.4 is 9.64 Å². The van der Waals surface area contributed by atoms with Crippen LogP contribution in [0.25, 0.3) is 5.57 Å². The number of benzene rings is 2. The summed E-state index contributed by atoms with van der Waals surface area (Å²) in [5.41, 5.74) is 2.35. The lowest BCUT2D eigenvalue weighted by molar-refractivity contribution is -0.120. The SMILES string of the molecule is COCCN(CCOC)C1=C(c2ccccc2OC)C(=O)N(c2ccc(Cl)cc2C)C1=O. The number of halogens is 1. The van der Waals surface area contributed by atoms with Crippen molar-refractivity contribution in [2.24, 2.45) is 0 Å². The van der Waals surface area contributed by atoms with Gasteiger partial charge >= 0.3 is 0 Å². The second-order valence-electron chi connectivity index (χ2n) is 7.27. The zero-order valence-corrected chi connectivity index (χ0v) is 19.4. The third kappa shape index (κ3) is 4.65. The maximum absolute atomic E-state index is 13.8. The molecule has 1 aliphatic heterocycles. The Balaban J connectivity index is 2.20. The average Bonchev–Trinajstić information content (AvgIpc) is 3.04. The average molecular weight is 459 g/mol. The molecule has 0 unspecified atom stereocenters. The molecule has 0 saturated carbocycles.